The Bertz CT molecular complexity index is 655. The van der Waals surface area contributed by atoms with E-state index in [0.717, 1.165) is 17.0 Å². The predicted octanol–water partition coefficient (Wildman–Crippen LogP) is 2.80. The molecule has 1 aliphatic carbocycles. The molecule has 1 aromatic carbocycles. The third-order valence-electron chi connectivity index (χ3n) is 4.68. The lowest BCUT2D eigenvalue weighted by Crippen LogP contribution is -2.52. The van der Waals surface area contributed by atoms with Gasteiger partial charge in [-0.1, -0.05) is 6.07 Å². The minimum atomic E-state index is -4.83. The minimum absolute atomic E-state index is 0.0913. The number of hydrogen-bond donors (Lipinski definition) is 2. The number of halogens is 4. The van der Waals surface area contributed by atoms with Gasteiger partial charge >= 0.3 is 12.3 Å². The molecule has 25 heavy (non-hydrogen) atoms. The Balaban J connectivity index is 1.90. The highest BCUT2D eigenvalue weighted by molar-refractivity contribution is 5.68. The molecule has 1 atom stereocenters. The SMILES string of the molecule is O=C(O)N(CC1COCCN1)C1(c2ccc(F)c(C(F)(F)F)c2)CC1. The topological polar surface area (TPSA) is 61.8 Å². The van der Waals surface area contributed by atoms with E-state index >= 15 is 0 Å². The van der Waals surface area contributed by atoms with Crippen molar-refractivity contribution in [3.63, 3.8) is 0 Å². The molecule has 1 aliphatic heterocycles. The molecule has 1 aromatic rings. The van der Waals surface area contributed by atoms with Crippen LogP contribution in [0, 0.1) is 5.82 Å². The number of amides is 1. The molecule has 0 bridgehead atoms. The van der Waals surface area contributed by atoms with Crippen LogP contribution >= 0.6 is 0 Å². The Morgan fingerprint density at radius 3 is 2.64 bits per heavy atom. The zero-order chi connectivity index (χ0) is 18.2. The van der Waals surface area contributed by atoms with Gasteiger partial charge in [-0.25, -0.2) is 9.18 Å². The second-order valence-corrected chi connectivity index (χ2v) is 6.34. The molecule has 1 saturated carbocycles. The van der Waals surface area contributed by atoms with Crippen molar-refractivity contribution in [2.24, 2.45) is 0 Å². The normalized spacial score (nSPS) is 22.5. The van der Waals surface area contributed by atoms with E-state index < -0.39 is 29.2 Å². The number of nitrogens with one attached hydrogen (secondary N) is 1. The van der Waals surface area contributed by atoms with Crippen LogP contribution in [0.25, 0.3) is 0 Å². The van der Waals surface area contributed by atoms with Crippen LogP contribution in [0.1, 0.15) is 24.0 Å². The van der Waals surface area contributed by atoms with Crippen LogP contribution in [0.15, 0.2) is 18.2 Å². The van der Waals surface area contributed by atoms with Crippen LogP contribution in [-0.4, -0.2) is 48.4 Å². The lowest BCUT2D eigenvalue weighted by molar-refractivity contribution is -0.140. The summed E-state index contributed by atoms with van der Waals surface area (Å²) in [6, 6.07) is 2.48. The fourth-order valence-corrected chi connectivity index (χ4v) is 3.26. The molecule has 1 saturated heterocycles. The Labute approximate surface area is 141 Å². The van der Waals surface area contributed by atoms with Gasteiger partial charge in [0.1, 0.15) is 5.82 Å². The van der Waals surface area contributed by atoms with Crippen molar-refractivity contribution in [3.8, 4) is 0 Å². The van der Waals surface area contributed by atoms with Crippen LogP contribution in [0.2, 0.25) is 0 Å². The Morgan fingerprint density at radius 2 is 2.12 bits per heavy atom. The predicted molar refractivity (Wildman–Crippen MR) is 79.7 cm³/mol. The smallest absolute Gasteiger partial charge is 0.419 e. The van der Waals surface area contributed by atoms with Crippen molar-refractivity contribution in [1.29, 1.82) is 0 Å². The fraction of sp³-hybridized carbons (Fsp3) is 0.562. The highest BCUT2D eigenvalue weighted by atomic mass is 19.4. The van der Waals surface area contributed by atoms with E-state index in [4.69, 9.17) is 4.74 Å². The molecular weight excluding hydrogens is 344 g/mol. The van der Waals surface area contributed by atoms with Crippen molar-refractivity contribution in [1.82, 2.24) is 10.2 Å². The van der Waals surface area contributed by atoms with E-state index in [2.05, 4.69) is 5.32 Å². The number of carboxylic acid groups (broad SMARTS) is 1. The summed E-state index contributed by atoms with van der Waals surface area (Å²) < 4.78 is 57.8. The first-order chi connectivity index (χ1) is 11.7. The number of rotatable bonds is 4. The van der Waals surface area contributed by atoms with Gasteiger partial charge in [0.15, 0.2) is 0 Å². The first kappa shape index (κ1) is 17.9. The molecule has 0 aromatic heterocycles. The summed E-state index contributed by atoms with van der Waals surface area (Å²) in [7, 11) is 0. The van der Waals surface area contributed by atoms with E-state index in [1.807, 2.05) is 0 Å². The van der Waals surface area contributed by atoms with E-state index in [-0.39, 0.29) is 18.2 Å². The standard InChI is InChI=1S/C16H18F4N2O3/c17-13-2-1-10(7-12(13)16(18,19)20)15(3-4-15)22(14(23)24)8-11-9-25-6-5-21-11/h1-2,7,11,21H,3-6,8-9H2,(H,23,24). The van der Waals surface area contributed by atoms with Crippen LogP contribution in [-0.2, 0) is 16.5 Å². The number of ether oxygens (including phenoxy) is 1. The summed E-state index contributed by atoms with van der Waals surface area (Å²) >= 11 is 0. The number of hydrogen-bond acceptors (Lipinski definition) is 3. The highest BCUT2D eigenvalue weighted by Gasteiger charge is 2.53. The molecule has 9 heteroatoms. The third-order valence-corrected chi connectivity index (χ3v) is 4.68. The molecular formula is C16H18F4N2O3. The van der Waals surface area contributed by atoms with Gasteiger partial charge < -0.3 is 15.2 Å². The van der Waals surface area contributed by atoms with Gasteiger partial charge in [0.05, 0.1) is 24.3 Å². The summed E-state index contributed by atoms with van der Waals surface area (Å²) in [5.74, 6) is -1.36. The Morgan fingerprint density at radius 1 is 1.40 bits per heavy atom. The molecule has 2 N–H and O–H groups in total. The number of nitrogens with zero attached hydrogens (tertiary/aromatic N) is 1. The molecule has 2 fully saturated rings. The zero-order valence-corrected chi connectivity index (χ0v) is 13.3. The van der Waals surface area contributed by atoms with Crippen LogP contribution in [0.5, 0.6) is 0 Å². The fourth-order valence-electron chi connectivity index (χ4n) is 3.26. The first-order valence-electron chi connectivity index (χ1n) is 7.93. The second kappa shape index (κ2) is 6.45. The van der Waals surface area contributed by atoms with Crippen molar-refractivity contribution < 1.29 is 32.2 Å². The summed E-state index contributed by atoms with van der Waals surface area (Å²) in [4.78, 5) is 12.9. The summed E-state index contributed by atoms with van der Waals surface area (Å²) in [6.45, 7) is 1.53. The minimum Gasteiger partial charge on any atom is -0.465 e. The molecule has 1 unspecified atom stereocenters. The molecule has 2 aliphatic rings. The summed E-state index contributed by atoms with van der Waals surface area (Å²) in [6.07, 6.45) is -5.25. The van der Waals surface area contributed by atoms with Gasteiger partial charge in [-0.2, -0.15) is 13.2 Å². The molecule has 1 heterocycles. The number of benzene rings is 1. The summed E-state index contributed by atoms with van der Waals surface area (Å²) in [5, 5.41) is 12.7. The molecule has 5 nitrogen and oxygen atoms in total. The summed E-state index contributed by atoms with van der Waals surface area (Å²) in [5.41, 5.74) is -2.25. The Kier molecular flexibility index (Phi) is 4.63. The number of morpholine rings is 1. The van der Waals surface area contributed by atoms with Gasteiger partial charge in [0.2, 0.25) is 0 Å². The van der Waals surface area contributed by atoms with E-state index in [0.29, 0.717) is 32.6 Å². The lowest BCUT2D eigenvalue weighted by atomic mass is 9.99. The quantitative estimate of drug-likeness (QED) is 0.809. The number of alkyl halides is 3. The zero-order valence-electron chi connectivity index (χ0n) is 13.3. The maximum absolute atomic E-state index is 13.5. The van der Waals surface area contributed by atoms with Crippen molar-refractivity contribution in [3.05, 3.63) is 35.1 Å². The van der Waals surface area contributed by atoms with Gasteiger partial charge in [-0.3, -0.25) is 4.90 Å². The molecule has 0 spiro atoms. The molecule has 3 rings (SSSR count). The molecule has 0 radical (unpaired) electrons. The molecule has 138 valence electrons. The lowest BCUT2D eigenvalue weighted by Gasteiger charge is -2.35. The van der Waals surface area contributed by atoms with Crippen molar-refractivity contribution in [2.75, 3.05) is 26.3 Å². The largest absolute Gasteiger partial charge is 0.465 e. The number of carbonyl (C=O) groups is 1. The van der Waals surface area contributed by atoms with E-state index in [9.17, 15) is 27.5 Å². The van der Waals surface area contributed by atoms with Crippen LogP contribution < -0.4 is 5.32 Å². The van der Waals surface area contributed by atoms with Gasteiger partial charge in [-0.05, 0) is 30.5 Å². The monoisotopic (exact) mass is 362 g/mol. The average Bonchev–Trinajstić information content (AvgIpc) is 3.34. The maximum Gasteiger partial charge on any atom is 0.419 e. The van der Waals surface area contributed by atoms with Gasteiger partial charge in [0.25, 0.3) is 0 Å². The maximum atomic E-state index is 13.5. The van der Waals surface area contributed by atoms with Gasteiger partial charge in [-0.15, -0.1) is 0 Å². The first-order valence-corrected chi connectivity index (χ1v) is 7.93. The van der Waals surface area contributed by atoms with E-state index in [1.54, 1.807) is 0 Å². The van der Waals surface area contributed by atoms with Crippen molar-refractivity contribution >= 4 is 6.09 Å². The second-order valence-electron chi connectivity index (χ2n) is 6.34. The highest BCUT2D eigenvalue weighted by Crippen LogP contribution is 2.52. The third kappa shape index (κ3) is 3.57. The van der Waals surface area contributed by atoms with Crippen LogP contribution in [0.4, 0.5) is 22.4 Å². The van der Waals surface area contributed by atoms with Crippen LogP contribution in [0.3, 0.4) is 0 Å². The van der Waals surface area contributed by atoms with E-state index in [1.165, 1.54) is 6.07 Å². The molecule has 1 amide bonds. The average molecular weight is 362 g/mol. The van der Waals surface area contributed by atoms with Crippen molar-refractivity contribution in [2.45, 2.75) is 30.6 Å². The van der Waals surface area contributed by atoms with Gasteiger partial charge in [0, 0.05) is 19.1 Å². The Hall–Kier alpha value is -1.87.